The number of primary amides is 1. The van der Waals surface area contributed by atoms with E-state index in [1.54, 1.807) is 18.3 Å². The van der Waals surface area contributed by atoms with Crippen LogP contribution in [0.3, 0.4) is 0 Å². The Morgan fingerprint density at radius 2 is 2.28 bits per heavy atom. The van der Waals surface area contributed by atoms with Gasteiger partial charge in [-0.05, 0) is 26.0 Å². The summed E-state index contributed by atoms with van der Waals surface area (Å²) in [5.74, 6) is 0.972. The predicted molar refractivity (Wildman–Crippen MR) is 68.3 cm³/mol. The zero-order valence-electron chi connectivity index (χ0n) is 10.1. The maximum absolute atomic E-state index is 11.3. The Morgan fingerprint density at radius 1 is 1.50 bits per heavy atom. The van der Waals surface area contributed by atoms with Gasteiger partial charge in [0.05, 0.1) is 11.3 Å². The number of nitrogens with zero attached hydrogens (tertiary/aromatic N) is 2. The monoisotopic (exact) mass is 263 g/mol. The fraction of sp³-hybridized carbons (Fsp3) is 0.250. The number of aromatic nitrogens is 2. The molecule has 2 rings (SSSR count). The lowest BCUT2D eigenvalue weighted by Crippen LogP contribution is -2.12. The Hall–Kier alpha value is -1.82. The van der Waals surface area contributed by atoms with Crippen LogP contribution in [0.4, 0.5) is 0 Å². The van der Waals surface area contributed by atoms with Gasteiger partial charge in [0.2, 0.25) is 0 Å². The smallest absolute Gasteiger partial charge is 0.251 e. The largest absolute Gasteiger partial charge is 0.366 e. The Bertz CT molecular complexity index is 561. The molecule has 0 bridgehead atoms. The van der Waals surface area contributed by atoms with Gasteiger partial charge in [0, 0.05) is 17.5 Å². The average molecular weight is 263 g/mol. The fourth-order valence-corrected chi connectivity index (χ4v) is 2.69. The van der Waals surface area contributed by atoms with Crippen molar-refractivity contribution in [1.82, 2.24) is 10.1 Å². The molecule has 6 heteroatoms. The van der Waals surface area contributed by atoms with E-state index in [9.17, 15) is 4.79 Å². The normalized spacial score (nSPS) is 10.6. The summed E-state index contributed by atoms with van der Waals surface area (Å²) < 4.78 is 5.09. The lowest BCUT2D eigenvalue weighted by molar-refractivity contribution is 0.0997. The molecule has 2 N–H and O–H groups in total. The van der Waals surface area contributed by atoms with Crippen LogP contribution in [-0.4, -0.2) is 16.0 Å². The maximum atomic E-state index is 11.3. The number of carbonyl (C=O) groups is 1. The summed E-state index contributed by atoms with van der Waals surface area (Å²) in [7, 11) is 0. The van der Waals surface area contributed by atoms with Crippen LogP contribution >= 0.6 is 11.8 Å². The number of amides is 1. The Labute approximate surface area is 109 Å². The van der Waals surface area contributed by atoms with Crippen molar-refractivity contribution >= 4 is 17.7 Å². The molecule has 0 saturated heterocycles. The molecule has 0 aliphatic rings. The number of aryl methyl sites for hydroxylation is 2. The van der Waals surface area contributed by atoms with Crippen molar-refractivity contribution in [2.75, 3.05) is 0 Å². The van der Waals surface area contributed by atoms with Gasteiger partial charge in [-0.1, -0.05) is 5.16 Å². The predicted octanol–water partition coefficient (Wildman–Crippen LogP) is 2.08. The summed E-state index contributed by atoms with van der Waals surface area (Å²) in [6, 6.07) is 3.37. The first-order chi connectivity index (χ1) is 8.59. The van der Waals surface area contributed by atoms with E-state index >= 15 is 0 Å². The third-order valence-corrected chi connectivity index (χ3v) is 3.60. The molecule has 2 heterocycles. The van der Waals surface area contributed by atoms with Crippen molar-refractivity contribution in [1.29, 1.82) is 0 Å². The minimum Gasteiger partial charge on any atom is -0.366 e. The third kappa shape index (κ3) is 2.53. The topological polar surface area (TPSA) is 82.0 Å². The number of pyridine rings is 1. The molecule has 0 spiro atoms. The molecule has 0 aliphatic carbocycles. The number of hydrogen-bond acceptors (Lipinski definition) is 5. The van der Waals surface area contributed by atoms with Gasteiger partial charge in [0.1, 0.15) is 10.8 Å². The molecule has 0 aliphatic heterocycles. The molecule has 2 aromatic rings. The summed E-state index contributed by atoms with van der Waals surface area (Å²) in [4.78, 5) is 15.4. The van der Waals surface area contributed by atoms with Crippen LogP contribution in [-0.2, 0) is 5.75 Å². The van der Waals surface area contributed by atoms with Crippen molar-refractivity contribution in [2.45, 2.75) is 24.6 Å². The van der Waals surface area contributed by atoms with Crippen LogP contribution in [0, 0.1) is 13.8 Å². The van der Waals surface area contributed by atoms with Gasteiger partial charge in [0.25, 0.3) is 5.91 Å². The standard InChI is InChI=1S/C12H13N3O2S/c1-7-10(8(2)17-15-7)6-18-12-9(11(13)16)4-3-5-14-12/h3-5H,6H2,1-2H3,(H2,13,16). The van der Waals surface area contributed by atoms with Crippen molar-refractivity contribution in [3.8, 4) is 0 Å². The van der Waals surface area contributed by atoms with Gasteiger partial charge >= 0.3 is 0 Å². The van der Waals surface area contributed by atoms with Gasteiger partial charge in [-0.15, -0.1) is 11.8 Å². The van der Waals surface area contributed by atoms with Gasteiger partial charge in [-0.3, -0.25) is 4.79 Å². The van der Waals surface area contributed by atoms with Crippen molar-refractivity contribution in [3.05, 3.63) is 40.9 Å². The highest BCUT2D eigenvalue weighted by molar-refractivity contribution is 7.98. The average Bonchev–Trinajstić information content (AvgIpc) is 2.67. The zero-order valence-corrected chi connectivity index (χ0v) is 11.0. The van der Waals surface area contributed by atoms with E-state index in [1.165, 1.54) is 11.8 Å². The first kappa shape index (κ1) is 12.6. The highest BCUT2D eigenvalue weighted by atomic mass is 32.2. The van der Waals surface area contributed by atoms with Crippen LogP contribution in [0.2, 0.25) is 0 Å². The lowest BCUT2D eigenvalue weighted by Gasteiger charge is -2.04. The number of nitrogens with two attached hydrogens (primary N) is 1. The summed E-state index contributed by atoms with van der Waals surface area (Å²) in [6.07, 6.45) is 1.64. The van der Waals surface area contributed by atoms with Crippen LogP contribution in [0.5, 0.6) is 0 Å². The Kier molecular flexibility index (Phi) is 3.66. The molecular formula is C12H13N3O2S. The van der Waals surface area contributed by atoms with Crippen LogP contribution < -0.4 is 5.73 Å². The van der Waals surface area contributed by atoms with Crippen LogP contribution in [0.1, 0.15) is 27.4 Å². The number of carbonyl (C=O) groups excluding carboxylic acids is 1. The minimum atomic E-state index is -0.468. The minimum absolute atomic E-state index is 0.439. The van der Waals surface area contributed by atoms with E-state index in [4.69, 9.17) is 10.3 Å². The van der Waals surface area contributed by atoms with E-state index < -0.39 is 5.91 Å². The molecule has 0 fully saturated rings. The van der Waals surface area contributed by atoms with Crippen molar-refractivity contribution in [2.24, 2.45) is 5.73 Å². The number of thioether (sulfide) groups is 1. The first-order valence-electron chi connectivity index (χ1n) is 5.39. The van der Waals surface area contributed by atoms with E-state index in [-0.39, 0.29) is 0 Å². The van der Waals surface area contributed by atoms with Crippen molar-refractivity contribution in [3.63, 3.8) is 0 Å². The van der Waals surface area contributed by atoms with E-state index in [0.29, 0.717) is 16.3 Å². The van der Waals surface area contributed by atoms with Gasteiger partial charge < -0.3 is 10.3 Å². The van der Waals surface area contributed by atoms with Gasteiger partial charge in [0.15, 0.2) is 0 Å². The molecule has 2 aromatic heterocycles. The zero-order chi connectivity index (χ0) is 13.1. The van der Waals surface area contributed by atoms with Crippen molar-refractivity contribution < 1.29 is 9.32 Å². The molecule has 5 nitrogen and oxygen atoms in total. The maximum Gasteiger partial charge on any atom is 0.251 e. The summed E-state index contributed by atoms with van der Waals surface area (Å²) >= 11 is 1.45. The molecule has 1 amide bonds. The highest BCUT2D eigenvalue weighted by Crippen LogP contribution is 2.26. The highest BCUT2D eigenvalue weighted by Gasteiger charge is 2.13. The molecule has 0 unspecified atom stereocenters. The molecule has 0 aromatic carbocycles. The van der Waals surface area contributed by atoms with E-state index in [0.717, 1.165) is 17.0 Å². The number of hydrogen-bond donors (Lipinski definition) is 1. The number of rotatable bonds is 4. The van der Waals surface area contributed by atoms with Crippen LogP contribution in [0.15, 0.2) is 27.9 Å². The van der Waals surface area contributed by atoms with E-state index in [1.807, 2.05) is 13.8 Å². The Morgan fingerprint density at radius 3 is 2.89 bits per heavy atom. The lowest BCUT2D eigenvalue weighted by atomic mass is 10.2. The Balaban J connectivity index is 2.18. The summed E-state index contributed by atoms with van der Waals surface area (Å²) in [5, 5.41) is 4.52. The first-order valence-corrected chi connectivity index (χ1v) is 6.37. The third-order valence-electron chi connectivity index (χ3n) is 2.57. The van der Waals surface area contributed by atoms with Crippen LogP contribution in [0.25, 0.3) is 0 Å². The quantitative estimate of drug-likeness (QED) is 0.854. The molecule has 0 atom stereocenters. The second kappa shape index (κ2) is 5.22. The second-order valence-electron chi connectivity index (χ2n) is 3.81. The second-order valence-corrected chi connectivity index (χ2v) is 4.78. The van der Waals surface area contributed by atoms with Gasteiger partial charge in [-0.25, -0.2) is 4.98 Å². The fourth-order valence-electron chi connectivity index (χ4n) is 1.54. The molecule has 94 valence electrons. The molecular weight excluding hydrogens is 250 g/mol. The summed E-state index contributed by atoms with van der Waals surface area (Å²) in [5.41, 5.74) is 7.63. The van der Waals surface area contributed by atoms with E-state index in [2.05, 4.69) is 10.1 Å². The molecule has 0 radical (unpaired) electrons. The molecule has 18 heavy (non-hydrogen) atoms. The molecule has 0 saturated carbocycles. The summed E-state index contributed by atoms with van der Waals surface area (Å²) in [6.45, 7) is 3.75. The van der Waals surface area contributed by atoms with Gasteiger partial charge in [-0.2, -0.15) is 0 Å². The SMILES string of the molecule is Cc1noc(C)c1CSc1ncccc1C(N)=O.